The van der Waals surface area contributed by atoms with Crippen molar-refractivity contribution in [1.82, 2.24) is 5.32 Å². The Kier molecular flexibility index (Phi) is 5.55. The molecule has 3 heteroatoms. The first-order valence-corrected chi connectivity index (χ1v) is 6.81. The lowest BCUT2D eigenvalue weighted by molar-refractivity contribution is -0.155. The molecule has 3 nitrogen and oxygen atoms in total. The summed E-state index contributed by atoms with van der Waals surface area (Å²) in [6.45, 7) is 9.76. The summed E-state index contributed by atoms with van der Waals surface area (Å²) in [5, 5.41) is 3.41. The van der Waals surface area contributed by atoms with Crippen LogP contribution in [-0.4, -0.2) is 17.6 Å². The Balaban J connectivity index is 2.43. The van der Waals surface area contributed by atoms with Gasteiger partial charge in [-0.25, -0.2) is 0 Å². The van der Waals surface area contributed by atoms with Crippen LogP contribution in [0.25, 0.3) is 0 Å². The number of hydrogen-bond acceptors (Lipinski definition) is 3. The van der Waals surface area contributed by atoms with Crippen LogP contribution in [0.3, 0.4) is 0 Å². The fraction of sp³-hybridized carbons (Fsp3) is 0.562. The summed E-state index contributed by atoms with van der Waals surface area (Å²) in [5.74, 6) is -0.159. The summed E-state index contributed by atoms with van der Waals surface area (Å²) in [5.41, 5.74) is 0.806. The number of ether oxygens (including phenoxy) is 1. The van der Waals surface area contributed by atoms with E-state index in [9.17, 15) is 4.79 Å². The highest BCUT2D eigenvalue weighted by atomic mass is 16.6. The Hall–Kier alpha value is -1.35. The van der Waals surface area contributed by atoms with Gasteiger partial charge in [-0.05, 0) is 40.2 Å². The van der Waals surface area contributed by atoms with Gasteiger partial charge in [-0.3, -0.25) is 4.79 Å². The van der Waals surface area contributed by atoms with Crippen LogP contribution in [0.15, 0.2) is 30.3 Å². The molecular weight excluding hydrogens is 238 g/mol. The van der Waals surface area contributed by atoms with Crippen molar-refractivity contribution >= 4 is 5.97 Å². The fourth-order valence-electron chi connectivity index (χ4n) is 1.96. The minimum absolute atomic E-state index is 0.0880. The van der Waals surface area contributed by atoms with Crippen molar-refractivity contribution in [3.8, 4) is 0 Å². The Morgan fingerprint density at radius 1 is 1.21 bits per heavy atom. The molecule has 106 valence electrons. The number of carbonyl (C=O) groups is 1. The van der Waals surface area contributed by atoms with Gasteiger partial charge in [0, 0.05) is 12.1 Å². The van der Waals surface area contributed by atoms with Crippen molar-refractivity contribution in [2.24, 2.45) is 0 Å². The van der Waals surface area contributed by atoms with Crippen molar-refractivity contribution in [3.63, 3.8) is 0 Å². The molecule has 0 spiro atoms. The lowest BCUT2D eigenvalue weighted by Gasteiger charge is -2.23. The highest BCUT2D eigenvalue weighted by Gasteiger charge is 2.19. The van der Waals surface area contributed by atoms with E-state index in [1.807, 2.05) is 45.9 Å². The SMILES string of the molecule is C[C@H](N[C@@H](C)CC(=O)OC(C)(C)C)c1ccccc1. The molecule has 0 saturated carbocycles. The first-order chi connectivity index (χ1) is 8.78. The van der Waals surface area contributed by atoms with Crippen LogP contribution in [-0.2, 0) is 9.53 Å². The second kappa shape index (κ2) is 6.71. The fourth-order valence-corrected chi connectivity index (χ4v) is 1.96. The summed E-state index contributed by atoms with van der Waals surface area (Å²) in [6, 6.07) is 10.5. The molecule has 1 rings (SSSR count). The van der Waals surface area contributed by atoms with Crippen LogP contribution in [0.1, 0.15) is 52.6 Å². The number of hydrogen-bond donors (Lipinski definition) is 1. The third-order valence-corrected chi connectivity index (χ3v) is 2.73. The number of rotatable bonds is 5. The molecule has 0 aromatic heterocycles. The summed E-state index contributed by atoms with van der Waals surface area (Å²) in [4.78, 5) is 11.7. The highest BCUT2D eigenvalue weighted by molar-refractivity contribution is 5.70. The van der Waals surface area contributed by atoms with E-state index >= 15 is 0 Å². The number of esters is 1. The van der Waals surface area contributed by atoms with Crippen LogP contribution < -0.4 is 5.32 Å². The normalized spacial score (nSPS) is 14.8. The molecule has 0 heterocycles. The van der Waals surface area contributed by atoms with Gasteiger partial charge in [0.25, 0.3) is 0 Å². The van der Waals surface area contributed by atoms with E-state index in [4.69, 9.17) is 4.74 Å². The largest absolute Gasteiger partial charge is 0.460 e. The van der Waals surface area contributed by atoms with E-state index < -0.39 is 5.60 Å². The van der Waals surface area contributed by atoms with Gasteiger partial charge in [0.1, 0.15) is 5.60 Å². The Morgan fingerprint density at radius 3 is 2.32 bits per heavy atom. The van der Waals surface area contributed by atoms with Crippen molar-refractivity contribution in [1.29, 1.82) is 0 Å². The standard InChI is InChI=1S/C16H25NO2/c1-12(11-15(18)19-16(3,4)5)17-13(2)14-9-7-6-8-10-14/h6-10,12-13,17H,11H2,1-5H3/t12-,13-/m0/s1. The molecule has 1 aromatic rings. The number of carbonyl (C=O) groups excluding carboxylic acids is 1. The van der Waals surface area contributed by atoms with Gasteiger partial charge in [-0.15, -0.1) is 0 Å². The maximum atomic E-state index is 11.7. The zero-order valence-corrected chi connectivity index (χ0v) is 12.6. The van der Waals surface area contributed by atoms with Gasteiger partial charge in [0.2, 0.25) is 0 Å². The molecule has 0 amide bonds. The molecule has 0 bridgehead atoms. The van der Waals surface area contributed by atoms with E-state index in [2.05, 4.69) is 24.4 Å². The zero-order chi connectivity index (χ0) is 14.5. The molecule has 0 aliphatic heterocycles. The first kappa shape index (κ1) is 15.7. The monoisotopic (exact) mass is 263 g/mol. The van der Waals surface area contributed by atoms with E-state index in [0.717, 1.165) is 0 Å². The molecule has 2 atom stereocenters. The van der Waals surface area contributed by atoms with Gasteiger partial charge in [0.15, 0.2) is 0 Å². The smallest absolute Gasteiger partial charge is 0.307 e. The van der Waals surface area contributed by atoms with Gasteiger partial charge in [-0.2, -0.15) is 0 Å². The third kappa shape index (κ3) is 6.39. The van der Waals surface area contributed by atoms with Crippen molar-refractivity contribution < 1.29 is 9.53 Å². The van der Waals surface area contributed by atoms with Crippen molar-refractivity contribution in [2.45, 2.75) is 58.7 Å². The van der Waals surface area contributed by atoms with Gasteiger partial charge in [-0.1, -0.05) is 30.3 Å². The maximum absolute atomic E-state index is 11.7. The maximum Gasteiger partial charge on any atom is 0.307 e. The summed E-state index contributed by atoms with van der Waals surface area (Å²) in [6.07, 6.45) is 0.383. The second-order valence-electron chi connectivity index (χ2n) is 5.99. The minimum atomic E-state index is -0.415. The highest BCUT2D eigenvalue weighted by Crippen LogP contribution is 2.14. The zero-order valence-electron chi connectivity index (χ0n) is 12.6. The summed E-state index contributed by atoms with van der Waals surface area (Å²) < 4.78 is 5.32. The Labute approximate surface area is 116 Å². The quantitative estimate of drug-likeness (QED) is 0.827. The predicted octanol–water partition coefficient (Wildman–Crippen LogP) is 3.46. The van der Waals surface area contributed by atoms with Gasteiger partial charge < -0.3 is 10.1 Å². The van der Waals surface area contributed by atoms with Crippen LogP contribution in [0.4, 0.5) is 0 Å². The van der Waals surface area contributed by atoms with Crippen LogP contribution in [0.2, 0.25) is 0 Å². The lowest BCUT2D eigenvalue weighted by Crippen LogP contribution is -2.33. The molecule has 0 unspecified atom stereocenters. The van der Waals surface area contributed by atoms with Gasteiger partial charge in [0.05, 0.1) is 6.42 Å². The molecule has 1 N–H and O–H groups in total. The molecule has 19 heavy (non-hydrogen) atoms. The molecular formula is C16H25NO2. The van der Waals surface area contributed by atoms with E-state index in [-0.39, 0.29) is 18.1 Å². The molecule has 0 aliphatic rings. The summed E-state index contributed by atoms with van der Waals surface area (Å²) >= 11 is 0. The molecule has 0 saturated heterocycles. The second-order valence-corrected chi connectivity index (χ2v) is 5.99. The average molecular weight is 263 g/mol. The number of nitrogens with one attached hydrogen (secondary N) is 1. The van der Waals surface area contributed by atoms with Crippen molar-refractivity contribution in [3.05, 3.63) is 35.9 Å². The average Bonchev–Trinajstić information content (AvgIpc) is 2.27. The topological polar surface area (TPSA) is 38.3 Å². The van der Waals surface area contributed by atoms with Crippen molar-refractivity contribution in [2.75, 3.05) is 0 Å². The van der Waals surface area contributed by atoms with Crippen LogP contribution in [0, 0.1) is 0 Å². The third-order valence-electron chi connectivity index (χ3n) is 2.73. The first-order valence-electron chi connectivity index (χ1n) is 6.81. The molecule has 0 aliphatic carbocycles. The predicted molar refractivity (Wildman–Crippen MR) is 77.9 cm³/mol. The van der Waals surface area contributed by atoms with Crippen LogP contribution >= 0.6 is 0 Å². The Bertz CT molecular complexity index is 395. The minimum Gasteiger partial charge on any atom is -0.460 e. The van der Waals surface area contributed by atoms with E-state index in [1.54, 1.807) is 0 Å². The van der Waals surface area contributed by atoms with Gasteiger partial charge >= 0.3 is 5.97 Å². The number of benzene rings is 1. The van der Waals surface area contributed by atoms with E-state index in [0.29, 0.717) is 6.42 Å². The molecule has 0 fully saturated rings. The van der Waals surface area contributed by atoms with E-state index in [1.165, 1.54) is 5.56 Å². The molecule has 0 radical (unpaired) electrons. The lowest BCUT2D eigenvalue weighted by atomic mass is 10.1. The Morgan fingerprint density at radius 2 is 1.79 bits per heavy atom. The van der Waals surface area contributed by atoms with Crippen LogP contribution in [0.5, 0.6) is 0 Å². The molecule has 1 aromatic carbocycles. The summed E-state index contributed by atoms with van der Waals surface area (Å²) in [7, 11) is 0.